The van der Waals surface area contributed by atoms with Crippen molar-refractivity contribution in [1.29, 1.82) is 0 Å². The van der Waals surface area contributed by atoms with Crippen LogP contribution >= 0.6 is 0 Å². The molecule has 166 valence electrons. The molecular formula is C26H20F6. The molecular weight excluding hydrogens is 426 g/mol. The number of fused-ring (bicyclic) bond motifs is 5. The van der Waals surface area contributed by atoms with Crippen molar-refractivity contribution >= 4 is 0 Å². The minimum atomic E-state index is -4.82. The number of alkyl halides is 6. The summed E-state index contributed by atoms with van der Waals surface area (Å²) in [5.74, 6) is -0.375. The maximum atomic E-state index is 13.3. The Morgan fingerprint density at radius 2 is 1.31 bits per heavy atom. The fourth-order valence-electron chi connectivity index (χ4n) is 5.23. The molecule has 32 heavy (non-hydrogen) atoms. The fraction of sp³-hybridized carbons (Fsp3) is 0.308. The number of hydrogen-bond acceptors (Lipinski definition) is 0. The fourth-order valence-corrected chi connectivity index (χ4v) is 5.23. The minimum Gasteiger partial charge on any atom is -0.166 e. The smallest absolute Gasteiger partial charge is 0.166 e. The molecule has 5 rings (SSSR count). The first-order valence-corrected chi connectivity index (χ1v) is 10.6. The van der Waals surface area contributed by atoms with Gasteiger partial charge in [0.25, 0.3) is 0 Å². The van der Waals surface area contributed by atoms with Crippen molar-refractivity contribution in [2.24, 2.45) is 0 Å². The van der Waals surface area contributed by atoms with E-state index in [0.29, 0.717) is 19.3 Å². The second-order valence-electron chi connectivity index (χ2n) is 8.67. The van der Waals surface area contributed by atoms with E-state index < -0.39 is 23.5 Å². The molecule has 0 saturated carbocycles. The second-order valence-corrected chi connectivity index (χ2v) is 8.67. The normalized spacial score (nSPS) is 18.0. The average molecular weight is 446 g/mol. The van der Waals surface area contributed by atoms with Gasteiger partial charge in [0.2, 0.25) is 0 Å². The molecule has 3 aromatic carbocycles. The van der Waals surface area contributed by atoms with Gasteiger partial charge in [-0.05, 0) is 95.2 Å². The van der Waals surface area contributed by atoms with Crippen LogP contribution in [0.4, 0.5) is 26.3 Å². The predicted octanol–water partition coefficient (Wildman–Crippen LogP) is 7.76. The summed E-state index contributed by atoms with van der Waals surface area (Å²) in [5, 5.41) is 0. The third kappa shape index (κ3) is 3.70. The highest BCUT2D eigenvalue weighted by Gasteiger charge is 2.38. The SMILES string of the molecule is FC(F)(F)c1cc(C2CCc3c(ccc4c3CCc3ccccc3-4)C2)cc(C(F)(F)F)c1. The average Bonchev–Trinajstić information content (AvgIpc) is 2.76. The van der Waals surface area contributed by atoms with Crippen molar-refractivity contribution in [2.75, 3.05) is 0 Å². The molecule has 0 bridgehead atoms. The van der Waals surface area contributed by atoms with E-state index in [1.165, 1.54) is 27.8 Å². The Labute approximate surface area is 181 Å². The number of aryl methyl sites for hydroxylation is 1. The van der Waals surface area contributed by atoms with Gasteiger partial charge in [-0.25, -0.2) is 0 Å². The van der Waals surface area contributed by atoms with Gasteiger partial charge in [0, 0.05) is 0 Å². The summed E-state index contributed by atoms with van der Waals surface area (Å²) in [6.07, 6.45) is -6.17. The maximum Gasteiger partial charge on any atom is 0.416 e. The first kappa shape index (κ1) is 21.1. The summed E-state index contributed by atoms with van der Waals surface area (Å²) in [4.78, 5) is 0. The summed E-state index contributed by atoms with van der Waals surface area (Å²) in [5.41, 5.74) is 4.87. The van der Waals surface area contributed by atoms with E-state index in [4.69, 9.17) is 0 Å². The van der Waals surface area contributed by atoms with Gasteiger partial charge in [0.05, 0.1) is 11.1 Å². The third-order valence-corrected chi connectivity index (χ3v) is 6.77. The Kier molecular flexibility index (Phi) is 4.88. The van der Waals surface area contributed by atoms with E-state index in [1.54, 1.807) is 0 Å². The number of rotatable bonds is 1. The molecule has 0 aliphatic heterocycles. The summed E-state index contributed by atoms with van der Waals surface area (Å²) in [7, 11) is 0. The van der Waals surface area contributed by atoms with E-state index in [9.17, 15) is 26.3 Å². The van der Waals surface area contributed by atoms with Crippen LogP contribution in [0.5, 0.6) is 0 Å². The standard InChI is InChI=1S/C26H20F6/c27-25(28,29)19-12-18(13-20(14-19)26(30,31)32)16-6-8-22-17(11-16)7-10-23-21-4-2-1-3-15(21)5-9-24(22)23/h1-4,7,10,12-14,16H,5-6,8-9,11H2. The Bertz CT molecular complexity index is 1150. The Hall–Kier alpha value is -2.76. The Balaban J connectivity index is 1.52. The number of hydrogen-bond donors (Lipinski definition) is 0. The monoisotopic (exact) mass is 446 g/mol. The highest BCUT2D eigenvalue weighted by molar-refractivity contribution is 5.75. The molecule has 0 nitrogen and oxygen atoms in total. The van der Waals surface area contributed by atoms with Crippen LogP contribution in [0.25, 0.3) is 11.1 Å². The second kappa shape index (κ2) is 7.39. The third-order valence-electron chi connectivity index (χ3n) is 6.77. The van der Waals surface area contributed by atoms with Crippen LogP contribution in [-0.4, -0.2) is 0 Å². The van der Waals surface area contributed by atoms with E-state index >= 15 is 0 Å². The predicted molar refractivity (Wildman–Crippen MR) is 110 cm³/mol. The van der Waals surface area contributed by atoms with Crippen LogP contribution in [0.15, 0.2) is 54.6 Å². The van der Waals surface area contributed by atoms with Gasteiger partial charge in [-0.1, -0.05) is 36.4 Å². The highest BCUT2D eigenvalue weighted by Crippen LogP contribution is 2.43. The van der Waals surface area contributed by atoms with Crippen molar-refractivity contribution in [2.45, 2.75) is 50.4 Å². The van der Waals surface area contributed by atoms with Crippen LogP contribution < -0.4 is 0 Å². The van der Waals surface area contributed by atoms with Crippen LogP contribution in [-0.2, 0) is 38.0 Å². The van der Waals surface area contributed by atoms with Crippen molar-refractivity contribution in [3.05, 3.63) is 93.5 Å². The number of halogens is 6. The van der Waals surface area contributed by atoms with Crippen molar-refractivity contribution in [3.8, 4) is 11.1 Å². The molecule has 0 fully saturated rings. The van der Waals surface area contributed by atoms with Crippen LogP contribution in [0.2, 0.25) is 0 Å². The van der Waals surface area contributed by atoms with Gasteiger partial charge in [-0.3, -0.25) is 0 Å². The van der Waals surface area contributed by atoms with Gasteiger partial charge >= 0.3 is 12.4 Å². The molecule has 1 unspecified atom stereocenters. The van der Waals surface area contributed by atoms with E-state index in [-0.39, 0.29) is 17.5 Å². The molecule has 0 amide bonds. The number of benzene rings is 3. The van der Waals surface area contributed by atoms with E-state index in [0.717, 1.165) is 30.5 Å². The quantitative estimate of drug-likeness (QED) is 0.335. The van der Waals surface area contributed by atoms with Gasteiger partial charge in [-0.2, -0.15) is 26.3 Å². The summed E-state index contributed by atoms with van der Waals surface area (Å²) in [6.45, 7) is 0. The van der Waals surface area contributed by atoms with E-state index in [1.807, 2.05) is 18.2 Å². The largest absolute Gasteiger partial charge is 0.416 e. The van der Waals surface area contributed by atoms with Crippen molar-refractivity contribution in [3.63, 3.8) is 0 Å². The maximum absolute atomic E-state index is 13.3. The van der Waals surface area contributed by atoms with Gasteiger partial charge in [-0.15, -0.1) is 0 Å². The Morgan fingerprint density at radius 3 is 2.00 bits per heavy atom. The lowest BCUT2D eigenvalue weighted by molar-refractivity contribution is -0.143. The molecule has 2 aliphatic carbocycles. The zero-order valence-electron chi connectivity index (χ0n) is 17.1. The zero-order valence-corrected chi connectivity index (χ0v) is 17.1. The first-order chi connectivity index (χ1) is 15.1. The molecule has 6 heteroatoms. The molecule has 3 aromatic rings. The summed E-state index contributed by atoms with van der Waals surface area (Å²) in [6, 6.07) is 14.3. The first-order valence-electron chi connectivity index (χ1n) is 10.6. The molecule has 0 spiro atoms. The summed E-state index contributed by atoms with van der Waals surface area (Å²) >= 11 is 0. The molecule has 0 N–H and O–H groups in total. The molecule has 0 aromatic heterocycles. The van der Waals surface area contributed by atoms with Crippen LogP contribution in [0.1, 0.15) is 51.3 Å². The van der Waals surface area contributed by atoms with Gasteiger partial charge in [0.15, 0.2) is 0 Å². The molecule has 0 radical (unpaired) electrons. The van der Waals surface area contributed by atoms with E-state index in [2.05, 4.69) is 18.2 Å². The lowest BCUT2D eigenvalue weighted by Crippen LogP contribution is -2.19. The Morgan fingerprint density at radius 1 is 0.625 bits per heavy atom. The molecule has 0 saturated heterocycles. The molecule has 2 aliphatic rings. The molecule has 0 heterocycles. The van der Waals surface area contributed by atoms with Crippen molar-refractivity contribution < 1.29 is 26.3 Å². The lowest BCUT2D eigenvalue weighted by atomic mass is 9.74. The highest BCUT2D eigenvalue weighted by atomic mass is 19.4. The zero-order chi connectivity index (χ0) is 22.7. The summed E-state index contributed by atoms with van der Waals surface area (Å²) < 4.78 is 79.7. The van der Waals surface area contributed by atoms with Gasteiger partial charge < -0.3 is 0 Å². The van der Waals surface area contributed by atoms with Crippen molar-refractivity contribution in [1.82, 2.24) is 0 Å². The lowest BCUT2D eigenvalue weighted by Gasteiger charge is -2.31. The van der Waals surface area contributed by atoms with Crippen LogP contribution in [0, 0.1) is 0 Å². The minimum absolute atomic E-state index is 0.112. The topological polar surface area (TPSA) is 0 Å². The van der Waals surface area contributed by atoms with Gasteiger partial charge in [0.1, 0.15) is 0 Å². The van der Waals surface area contributed by atoms with Crippen LogP contribution in [0.3, 0.4) is 0 Å². The molecule has 1 atom stereocenters.